The van der Waals surface area contributed by atoms with Crippen LogP contribution in [0, 0.1) is 12.8 Å². The summed E-state index contributed by atoms with van der Waals surface area (Å²) in [5.41, 5.74) is 3.59. The predicted molar refractivity (Wildman–Crippen MR) is 121 cm³/mol. The molecule has 2 N–H and O–H groups in total. The molecule has 0 bridgehead atoms. The molecule has 5 heteroatoms. The normalized spacial score (nSPS) is 28.7. The van der Waals surface area contributed by atoms with Crippen LogP contribution in [0.15, 0.2) is 36.7 Å². The molecule has 1 aromatic carbocycles. The molecular weight excluding hydrogens is 358 g/mol. The molecule has 5 nitrogen and oxygen atoms in total. The molecular formula is C24H35N5. The number of fused-ring (bicyclic) bond motifs is 1. The zero-order valence-electron chi connectivity index (χ0n) is 19.5. The Labute approximate surface area is 177 Å². The van der Waals surface area contributed by atoms with Gasteiger partial charge in [-0.25, -0.2) is 0 Å². The molecule has 0 aliphatic carbocycles. The molecule has 2 atom stereocenters. The Balaban J connectivity index is 1.29. The van der Waals surface area contributed by atoms with Crippen LogP contribution >= 0.6 is 0 Å². The number of rotatable bonds is 4. The SMILES string of the molecule is [2H]C1C=CN(c2ccc3c(c2)c(C)cn3C2CCN(CC3CCNCC3)CC2)C([2H])N1. The first kappa shape index (κ1) is 16.9. The minimum atomic E-state index is -0.628. The quantitative estimate of drug-likeness (QED) is 0.831. The van der Waals surface area contributed by atoms with Crippen molar-refractivity contribution in [1.29, 1.82) is 0 Å². The Morgan fingerprint density at radius 2 is 1.93 bits per heavy atom. The molecule has 156 valence electrons. The second-order valence-electron chi connectivity index (χ2n) is 8.86. The molecule has 3 aliphatic heterocycles. The van der Waals surface area contributed by atoms with E-state index < -0.39 is 13.2 Å². The lowest BCUT2D eigenvalue weighted by Crippen LogP contribution is -2.40. The van der Waals surface area contributed by atoms with Crippen LogP contribution in [0.25, 0.3) is 10.9 Å². The second-order valence-corrected chi connectivity index (χ2v) is 8.86. The van der Waals surface area contributed by atoms with Crippen molar-refractivity contribution in [2.45, 2.75) is 38.6 Å². The van der Waals surface area contributed by atoms with E-state index in [1.165, 1.54) is 74.9 Å². The maximum atomic E-state index is 8.27. The van der Waals surface area contributed by atoms with Crippen LogP contribution in [0.5, 0.6) is 0 Å². The first-order valence-corrected chi connectivity index (χ1v) is 11.2. The fraction of sp³-hybridized carbons (Fsp3) is 0.583. The zero-order chi connectivity index (χ0) is 21.4. The van der Waals surface area contributed by atoms with E-state index in [4.69, 9.17) is 2.74 Å². The number of aromatic nitrogens is 1. The maximum Gasteiger partial charge on any atom is 0.0728 e. The van der Waals surface area contributed by atoms with Gasteiger partial charge >= 0.3 is 0 Å². The minimum Gasteiger partial charge on any atom is -0.344 e. The molecule has 5 rings (SSSR count). The fourth-order valence-electron chi connectivity index (χ4n) is 5.20. The molecule has 2 unspecified atom stereocenters. The first-order chi connectivity index (χ1) is 15.1. The number of nitrogens with zero attached hydrogens (tertiary/aromatic N) is 3. The van der Waals surface area contributed by atoms with Gasteiger partial charge in [-0.3, -0.25) is 5.32 Å². The lowest BCUT2D eigenvalue weighted by molar-refractivity contribution is 0.152. The fourth-order valence-corrected chi connectivity index (χ4v) is 5.20. The smallest absolute Gasteiger partial charge is 0.0728 e. The Morgan fingerprint density at radius 1 is 1.10 bits per heavy atom. The van der Waals surface area contributed by atoms with Gasteiger partial charge in [0.05, 0.1) is 8.02 Å². The van der Waals surface area contributed by atoms with Crippen molar-refractivity contribution in [3.8, 4) is 0 Å². The second kappa shape index (κ2) is 8.50. The van der Waals surface area contributed by atoms with E-state index in [2.05, 4.69) is 51.4 Å². The summed E-state index contributed by atoms with van der Waals surface area (Å²) in [6.45, 7) is 7.10. The van der Waals surface area contributed by atoms with Crippen LogP contribution in [-0.2, 0) is 0 Å². The largest absolute Gasteiger partial charge is 0.344 e. The molecule has 3 aliphatic rings. The van der Waals surface area contributed by atoms with E-state index in [0.29, 0.717) is 6.04 Å². The summed E-state index contributed by atoms with van der Waals surface area (Å²) in [4.78, 5) is 4.58. The lowest BCUT2D eigenvalue weighted by Gasteiger charge is -2.36. The van der Waals surface area contributed by atoms with Crippen molar-refractivity contribution in [3.05, 3.63) is 42.2 Å². The van der Waals surface area contributed by atoms with Gasteiger partial charge in [0, 0.05) is 62.6 Å². The van der Waals surface area contributed by atoms with E-state index in [0.717, 1.165) is 11.6 Å². The van der Waals surface area contributed by atoms with Gasteiger partial charge < -0.3 is 19.7 Å². The summed E-state index contributed by atoms with van der Waals surface area (Å²) in [6.07, 6.45) is 11.1. The third-order valence-corrected chi connectivity index (χ3v) is 6.89. The topological polar surface area (TPSA) is 35.5 Å². The number of benzene rings is 1. The highest BCUT2D eigenvalue weighted by Crippen LogP contribution is 2.33. The maximum absolute atomic E-state index is 8.27. The molecule has 0 saturated carbocycles. The average Bonchev–Trinajstić information content (AvgIpc) is 3.11. The highest BCUT2D eigenvalue weighted by atomic mass is 15.2. The highest BCUT2D eigenvalue weighted by Gasteiger charge is 2.24. The van der Waals surface area contributed by atoms with E-state index in [9.17, 15) is 0 Å². The van der Waals surface area contributed by atoms with Gasteiger partial charge in [-0.2, -0.15) is 0 Å². The van der Waals surface area contributed by atoms with Crippen LogP contribution in [0.1, 0.15) is 40.0 Å². The highest BCUT2D eigenvalue weighted by molar-refractivity contribution is 5.87. The van der Waals surface area contributed by atoms with Crippen molar-refractivity contribution in [2.75, 3.05) is 50.8 Å². The zero-order valence-corrected chi connectivity index (χ0v) is 17.5. The standard InChI is InChI=1S/C24H35N5/c1-19-16-29(21-7-13-27(14-8-21)17-20-5-10-25-11-6-20)24-4-3-22(15-23(19)24)28-12-2-9-26-18-28/h2-4,12,15-16,20-21,25-26H,5-11,13-14,17-18H2,1H3/i9D,18D. The van der Waals surface area contributed by atoms with Gasteiger partial charge in [-0.1, -0.05) is 6.08 Å². The summed E-state index contributed by atoms with van der Waals surface area (Å²) in [5, 5.41) is 7.68. The Bertz CT molecular complexity index is 927. The third-order valence-electron chi connectivity index (χ3n) is 6.89. The van der Waals surface area contributed by atoms with Gasteiger partial charge in [0.25, 0.3) is 0 Å². The average molecular weight is 396 g/mol. The van der Waals surface area contributed by atoms with Gasteiger partial charge in [-0.15, -0.1) is 0 Å². The molecule has 0 amide bonds. The molecule has 2 saturated heterocycles. The van der Waals surface area contributed by atoms with Crippen LogP contribution < -0.4 is 15.5 Å². The van der Waals surface area contributed by atoms with Crippen molar-refractivity contribution in [3.63, 3.8) is 0 Å². The number of hydrogen-bond acceptors (Lipinski definition) is 4. The Morgan fingerprint density at radius 3 is 2.72 bits per heavy atom. The summed E-state index contributed by atoms with van der Waals surface area (Å²) < 4.78 is 18.5. The molecule has 2 aromatic rings. The number of piperidine rings is 2. The van der Waals surface area contributed by atoms with Crippen molar-refractivity contribution >= 4 is 16.6 Å². The molecule has 2 fully saturated rings. The first-order valence-electron chi connectivity index (χ1n) is 12.4. The van der Waals surface area contributed by atoms with Crippen LogP contribution in [0.2, 0.25) is 0 Å². The Kier molecular flexibility index (Phi) is 4.96. The number of aryl methyl sites for hydroxylation is 1. The molecule has 4 heterocycles. The van der Waals surface area contributed by atoms with Gasteiger partial charge in [-0.05, 0) is 75.4 Å². The van der Waals surface area contributed by atoms with Crippen molar-refractivity contribution < 1.29 is 2.74 Å². The summed E-state index contributed by atoms with van der Waals surface area (Å²) >= 11 is 0. The number of likely N-dealkylation sites (tertiary alicyclic amines) is 1. The lowest BCUT2D eigenvalue weighted by atomic mass is 9.96. The van der Waals surface area contributed by atoms with Crippen LogP contribution in [0.4, 0.5) is 5.69 Å². The van der Waals surface area contributed by atoms with Gasteiger partial charge in [0.2, 0.25) is 0 Å². The summed E-state index contributed by atoms with van der Waals surface area (Å²) in [5.74, 6) is 0.871. The van der Waals surface area contributed by atoms with Crippen molar-refractivity contribution in [1.82, 2.24) is 20.1 Å². The third kappa shape index (κ3) is 4.09. The monoisotopic (exact) mass is 395 g/mol. The summed E-state index contributed by atoms with van der Waals surface area (Å²) in [7, 11) is 0. The van der Waals surface area contributed by atoms with Gasteiger partial charge in [0.15, 0.2) is 0 Å². The minimum absolute atomic E-state index is 0.508. The number of nitrogens with one attached hydrogen (secondary N) is 2. The van der Waals surface area contributed by atoms with E-state index in [1.807, 2.05) is 11.1 Å². The molecule has 0 radical (unpaired) electrons. The number of hydrogen-bond donors (Lipinski definition) is 2. The van der Waals surface area contributed by atoms with E-state index >= 15 is 0 Å². The molecule has 1 aromatic heterocycles. The van der Waals surface area contributed by atoms with E-state index in [-0.39, 0.29) is 0 Å². The Hall–Kier alpha value is -1.82. The molecule has 0 spiro atoms. The molecule has 29 heavy (non-hydrogen) atoms. The summed E-state index contributed by atoms with van der Waals surface area (Å²) in [6, 6.07) is 7.09. The van der Waals surface area contributed by atoms with Crippen LogP contribution in [-0.4, -0.2) is 55.4 Å². The predicted octanol–water partition coefficient (Wildman–Crippen LogP) is 3.47. The van der Waals surface area contributed by atoms with Crippen molar-refractivity contribution in [2.24, 2.45) is 5.92 Å². The van der Waals surface area contributed by atoms with E-state index in [1.54, 1.807) is 6.08 Å². The van der Waals surface area contributed by atoms with Crippen LogP contribution in [0.3, 0.4) is 0 Å². The van der Waals surface area contributed by atoms with Gasteiger partial charge in [0.1, 0.15) is 0 Å². The number of anilines is 1.